The zero-order chi connectivity index (χ0) is 23.2. The van der Waals surface area contributed by atoms with Gasteiger partial charge in [0.15, 0.2) is 5.13 Å². The third-order valence-electron chi connectivity index (χ3n) is 5.76. The van der Waals surface area contributed by atoms with Gasteiger partial charge in [-0.2, -0.15) is 0 Å². The molecule has 0 bridgehead atoms. The quantitative estimate of drug-likeness (QED) is 0.524. The first-order valence-electron chi connectivity index (χ1n) is 11.0. The van der Waals surface area contributed by atoms with Crippen molar-refractivity contribution in [3.8, 4) is 17.0 Å². The lowest BCUT2D eigenvalue weighted by atomic mass is 9.96. The summed E-state index contributed by atoms with van der Waals surface area (Å²) >= 11 is 1.40. The summed E-state index contributed by atoms with van der Waals surface area (Å²) in [5, 5.41) is 5.45. The molecule has 3 aromatic rings. The first-order valence-corrected chi connectivity index (χ1v) is 11.8. The fourth-order valence-electron chi connectivity index (χ4n) is 3.88. The van der Waals surface area contributed by atoms with Gasteiger partial charge in [0.05, 0.1) is 12.8 Å². The number of aromatic nitrogens is 1. The molecule has 170 valence electrons. The Hall–Kier alpha value is -3.45. The van der Waals surface area contributed by atoms with E-state index in [1.165, 1.54) is 11.3 Å². The van der Waals surface area contributed by atoms with Crippen LogP contribution in [0.3, 0.4) is 0 Å². The minimum absolute atomic E-state index is 0.0191. The molecule has 4 rings (SSSR count). The number of methoxy groups -OCH3 is 1. The largest absolute Gasteiger partial charge is 0.496 e. The fraction of sp³-hybridized carbons (Fsp3) is 0.269. The summed E-state index contributed by atoms with van der Waals surface area (Å²) in [5.41, 5.74) is 3.79. The van der Waals surface area contributed by atoms with E-state index in [0.717, 1.165) is 28.1 Å². The van der Waals surface area contributed by atoms with E-state index < -0.39 is 0 Å². The highest BCUT2D eigenvalue weighted by molar-refractivity contribution is 7.14. The first kappa shape index (κ1) is 22.7. The molecule has 2 amide bonds. The maximum atomic E-state index is 12.8. The number of likely N-dealkylation sites (tertiary alicyclic amines) is 1. The molecule has 0 radical (unpaired) electrons. The number of benzene rings is 2. The second-order valence-corrected chi connectivity index (χ2v) is 8.93. The summed E-state index contributed by atoms with van der Waals surface area (Å²) in [6.07, 6.45) is 4.71. The van der Waals surface area contributed by atoms with E-state index >= 15 is 0 Å². The number of amides is 2. The third-order valence-corrected chi connectivity index (χ3v) is 6.52. The van der Waals surface area contributed by atoms with E-state index in [1.54, 1.807) is 18.1 Å². The van der Waals surface area contributed by atoms with Gasteiger partial charge in [-0.15, -0.1) is 11.3 Å². The number of aryl methyl sites for hydroxylation is 1. The van der Waals surface area contributed by atoms with Crippen molar-refractivity contribution in [1.82, 2.24) is 9.88 Å². The number of hydrogen-bond donors (Lipinski definition) is 1. The molecule has 2 aromatic carbocycles. The van der Waals surface area contributed by atoms with Crippen molar-refractivity contribution in [3.05, 3.63) is 71.1 Å². The van der Waals surface area contributed by atoms with E-state index in [9.17, 15) is 9.59 Å². The summed E-state index contributed by atoms with van der Waals surface area (Å²) in [6.45, 7) is 3.16. The van der Waals surface area contributed by atoms with Gasteiger partial charge in [0.25, 0.3) is 0 Å². The molecule has 1 N–H and O–H groups in total. The van der Waals surface area contributed by atoms with Crippen LogP contribution in [-0.2, 0) is 9.59 Å². The zero-order valence-electron chi connectivity index (χ0n) is 18.8. The molecule has 6 nitrogen and oxygen atoms in total. The molecule has 1 aliphatic heterocycles. The predicted molar refractivity (Wildman–Crippen MR) is 132 cm³/mol. The number of nitrogens with zero attached hydrogens (tertiary/aromatic N) is 2. The summed E-state index contributed by atoms with van der Waals surface area (Å²) in [6, 6.07) is 15.7. The Kier molecular flexibility index (Phi) is 7.19. The van der Waals surface area contributed by atoms with Crippen LogP contribution >= 0.6 is 11.3 Å². The van der Waals surface area contributed by atoms with Gasteiger partial charge >= 0.3 is 0 Å². The Bertz CT molecular complexity index is 1150. The van der Waals surface area contributed by atoms with Crippen LogP contribution in [0.2, 0.25) is 0 Å². The smallest absolute Gasteiger partial charge is 0.246 e. The van der Waals surface area contributed by atoms with Crippen LogP contribution in [0.1, 0.15) is 24.0 Å². The minimum Gasteiger partial charge on any atom is -0.496 e. The number of rotatable bonds is 6. The average molecular weight is 462 g/mol. The van der Waals surface area contributed by atoms with Crippen molar-refractivity contribution < 1.29 is 14.3 Å². The Balaban J connectivity index is 1.31. The molecule has 1 saturated heterocycles. The van der Waals surface area contributed by atoms with E-state index in [2.05, 4.69) is 10.3 Å². The number of nitrogens with one attached hydrogen (secondary N) is 1. The molecule has 0 unspecified atom stereocenters. The molecule has 7 heteroatoms. The predicted octanol–water partition coefficient (Wildman–Crippen LogP) is 5.02. The van der Waals surface area contributed by atoms with Crippen LogP contribution in [0.25, 0.3) is 17.3 Å². The van der Waals surface area contributed by atoms with Crippen molar-refractivity contribution in [2.45, 2.75) is 19.8 Å². The van der Waals surface area contributed by atoms with Crippen LogP contribution in [0.5, 0.6) is 5.75 Å². The first-order chi connectivity index (χ1) is 16.0. The SMILES string of the molecule is COc1ccc(C)cc1-c1csc(NC(=O)C2CCN(C(=O)/C=C/c3ccccc3)CC2)n1. The maximum absolute atomic E-state index is 12.8. The Morgan fingerprint density at radius 3 is 2.64 bits per heavy atom. The monoisotopic (exact) mass is 461 g/mol. The van der Waals surface area contributed by atoms with E-state index in [0.29, 0.717) is 31.1 Å². The maximum Gasteiger partial charge on any atom is 0.246 e. The number of anilines is 1. The Morgan fingerprint density at radius 2 is 1.91 bits per heavy atom. The molecule has 0 spiro atoms. The summed E-state index contributed by atoms with van der Waals surface area (Å²) < 4.78 is 5.45. The molecule has 1 aliphatic rings. The van der Waals surface area contributed by atoms with E-state index in [1.807, 2.05) is 66.9 Å². The molecule has 0 atom stereocenters. The van der Waals surface area contributed by atoms with Crippen LogP contribution in [0, 0.1) is 12.8 Å². The average Bonchev–Trinajstić information content (AvgIpc) is 3.31. The van der Waals surface area contributed by atoms with Gasteiger partial charge in [-0.05, 0) is 43.5 Å². The van der Waals surface area contributed by atoms with Gasteiger partial charge in [-0.3, -0.25) is 9.59 Å². The van der Waals surface area contributed by atoms with Gasteiger partial charge in [0, 0.05) is 36.0 Å². The number of ether oxygens (including phenoxy) is 1. The molecule has 2 heterocycles. The molecule has 1 aromatic heterocycles. The number of carbonyl (C=O) groups is 2. The lowest BCUT2D eigenvalue weighted by Crippen LogP contribution is -2.40. The topological polar surface area (TPSA) is 71.5 Å². The van der Waals surface area contributed by atoms with Crippen LogP contribution < -0.4 is 10.1 Å². The molecular weight excluding hydrogens is 434 g/mol. The highest BCUT2D eigenvalue weighted by atomic mass is 32.1. The van der Waals surface area contributed by atoms with Crippen molar-refractivity contribution in [3.63, 3.8) is 0 Å². The highest BCUT2D eigenvalue weighted by Crippen LogP contribution is 2.33. The van der Waals surface area contributed by atoms with Gasteiger partial charge < -0.3 is 15.0 Å². The molecule has 33 heavy (non-hydrogen) atoms. The molecular formula is C26H27N3O3S. The molecule has 0 aliphatic carbocycles. The van der Waals surface area contributed by atoms with Crippen molar-refractivity contribution in [2.24, 2.45) is 5.92 Å². The van der Waals surface area contributed by atoms with Gasteiger partial charge in [0.1, 0.15) is 5.75 Å². The fourth-order valence-corrected chi connectivity index (χ4v) is 4.60. The van der Waals surface area contributed by atoms with Crippen LogP contribution in [-0.4, -0.2) is 41.9 Å². The normalized spacial score (nSPS) is 14.4. The highest BCUT2D eigenvalue weighted by Gasteiger charge is 2.27. The van der Waals surface area contributed by atoms with E-state index in [4.69, 9.17) is 4.74 Å². The second kappa shape index (κ2) is 10.4. The summed E-state index contributed by atoms with van der Waals surface area (Å²) in [4.78, 5) is 31.7. The lowest BCUT2D eigenvalue weighted by molar-refractivity contribution is -0.130. The number of carbonyl (C=O) groups excluding carboxylic acids is 2. The zero-order valence-corrected chi connectivity index (χ0v) is 19.6. The van der Waals surface area contributed by atoms with Crippen molar-refractivity contribution >= 4 is 34.4 Å². The van der Waals surface area contributed by atoms with Gasteiger partial charge in [0.2, 0.25) is 11.8 Å². The van der Waals surface area contributed by atoms with Gasteiger partial charge in [-0.25, -0.2) is 4.98 Å². The number of thiazole rings is 1. The third kappa shape index (κ3) is 5.68. The number of piperidine rings is 1. The summed E-state index contributed by atoms with van der Waals surface area (Å²) in [7, 11) is 1.64. The number of hydrogen-bond acceptors (Lipinski definition) is 5. The van der Waals surface area contributed by atoms with Crippen LogP contribution in [0.15, 0.2) is 60.0 Å². The van der Waals surface area contributed by atoms with Crippen LogP contribution in [0.4, 0.5) is 5.13 Å². The lowest BCUT2D eigenvalue weighted by Gasteiger charge is -2.30. The molecule has 0 saturated carbocycles. The summed E-state index contributed by atoms with van der Waals surface area (Å²) in [5.74, 6) is 0.559. The molecule has 1 fully saturated rings. The second-order valence-electron chi connectivity index (χ2n) is 8.07. The van der Waals surface area contributed by atoms with Crippen molar-refractivity contribution in [2.75, 3.05) is 25.5 Å². The van der Waals surface area contributed by atoms with Crippen molar-refractivity contribution in [1.29, 1.82) is 0 Å². The minimum atomic E-state index is -0.131. The van der Waals surface area contributed by atoms with Gasteiger partial charge in [-0.1, -0.05) is 42.0 Å². The Labute approximate surface area is 197 Å². The van der Waals surface area contributed by atoms with E-state index in [-0.39, 0.29) is 17.7 Å². The standard InChI is InChI=1S/C26H27N3O3S/c1-18-8-10-23(32-2)21(16-18)22-17-33-26(27-22)28-25(31)20-12-14-29(15-13-20)24(30)11-9-19-6-4-3-5-7-19/h3-11,16-17,20H,12-15H2,1-2H3,(H,27,28,31)/b11-9+. The Morgan fingerprint density at radius 1 is 1.15 bits per heavy atom.